The molecule has 0 aliphatic carbocycles. The largest absolute Gasteiger partial charge is 0.504 e. The highest BCUT2D eigenvalue weighted by atomic mass is 79.9. The molecule has 1 aliphatic heterocycles. The van der Waals surface area contributed by atoms with Gasteiger partial charge in [-0.05, 0) is 35.5 Å². The molecule has 122 valence electrons. The fourth-order valence-corrected chi connectivity index (χ4v) is 3.08. The zero-order chi connectivity index (χ0) is 17.1. The third-order valence-electron chi connectivity index (χ3n) is 2.97. The van der Waals surface area contributed by atoms with Gasteiger partial charge in [-0.25, -0.2) is 0 Å². The van der Waals surface area contributed by atoms with Gasteiger partial charge >= 0.3 is 5.97 Å². The van der Waals surface area contributed by atoms with E-state index in [1.54, 1.807) is 0 Å². The van der Waals surface area contributed by atoms with E-state index in [0.29, 0.717) is 10.0 Å². The van der Waals surface area contributed by atoms with Crippen LogP contribution in [-0.2, 0) is 14.3 Å². The van der Waals surface area contributed by atoms with E-state index in [0.717, 1.165) is 16.7 Å². The van der Waals surface area contributed by atoms with Crippen molar-refractivity contribution >= 4 is 50.9 Å². The number of thioether (sulfide) groups is 1. The molecule has 0 radical (unpaired) electrons. The zero-order valence-electron chi connectivity index (χ0n) is 12.2. The number of amides is 2. The Morgan fingerprint density at radius 2 is 2.09 bits per heavy atom. The minimum atomic E-state index is -0.680. The highest BCUT2D eigenvalue weighted by molar-refractivity contribution is 9.10. The van der Waals surface area contributed by atoms with E-state index in [1.165, 1.54) is 32.4 Å². The number of hydrogen-bond acceptors (Lipinski definition) is 7. The van der Waals surface area contributed by atoms with Crippen LogP contribution in [0, 0.1) is 0 Å². The summed E-state index contributed by atoms with van der Waals surface area (Å²) in [5.74, 6) is -1.09. The summed E-state index contributed by atoms with van der Waals surface area (Å²) in [6, 6.07) is 2.94. The Balaban J connectivity index is 2.32. The molecular weight excluding hydrogens is 390 g/mol. The fraction of sp³-hybridized carbons (Fsp3) is 0.214. The van der Waals surface area contributed by atoms with E-state index in [-0.39, 0.29) is 16.4 Å². The van der Waals surface area contributed by atoms with Crippen LogP contribution in [0.4, 0.5) is 4.79 Å². The van der Waals surface area contributed by atoms with Crippen LogP contribution in [0.2, 0.25) is 0 Å². The summed E-state index contributed by atoms with van der Waals surface area (Å²) in [6.45, 7) is -0.432. The highest BCUT2D eigenvalue weighted by Crippen LogP contribution is 2.37. The normalized spacial score (nSPS) is 16.1. The van der Waals surface area contributed by atoms with Crippen LogP contribution in [0.5, 0.6) is 11.5 Å². The number of methoxy groups -OCH3 is 2. The minimum Gasteiger partial charge on any atom is -0.504 e. The Morgan fingerprint density at radius 1 is 1.39 bits per heavy atom. The Bertz CT molecular complexity index is 717. The van der Waals surface area contributed by atoms with Crippen LogP contribution < -0.4 is 4.74 Å². The van der Waals surface area contributed by atoms with Crippen LogP contribution >= 0.6 is 27.7 Å². The first kappa shape index (κ1) is 17.4. The summed E-state index contributed by atoms with van der Waals surface area (Å²) < 4.78 is 9.99. The lowest BCUT2D eigenvalue weighted by atomic mass is 10.2. The molecule has 1 fully saturated rings. The molecule has 7 nitrogen and oxygen atoms in total. The molecule has 9 heteroatoms. The molecule has 0 saturated carbocycles. The smallest absolute Gasteiger partial charge is 0.325 e. The number of halogens is 1. The maximum atomic E-state index is 12.2. The number of carbonyl (C=O) groups excluding carboxylic acids is 3. The van der Waals surface area contributed by atoms with E-state index in [4.69, 9.17) is 4.74 Å². The monoisotopic (exact) mass is 401 g/mol. The molecule has 1 heterocycles. The summed E-state index contributed by atoms with van der Waals surface area (Å²) in [5, 5.41) is 9.13. The van der Waals surface area contributed by atoms with Gasteiger partial charge in [0.05, 0.1) is 19.1 Å². The number of phenolic OH excluding ortho intramolecular Hbond substituents is 1. The Kier molecular flexibility index (Phi) is 5.32. The van der Waals surface area contributed by atoms with Gasteiger partial charge in [-0.1, -0.05) is 15.9 Å². The molecule has 1 saturated heterocycles. The number of ether oxygens (including phenoxy) is 2. The van der Waals surface area contributed by atoms with Crippen molar-refractivity contribution in [1.29, 1.82) is 0 Å². The third kappa shape index (κ3) is 3.67. The van der Waals surface area contributed by atoms with E-state index in [2.05, 4.69) is 20.7 Å². The molecule has 2 amide bonds. The molecule has 0 aromatic heterocycles. The van der Waals surface area contributed by atoms with Gasteiger partial charge in [0.15, 0.2) is 11.5 Å². The zero-order valence-corrected chi connectivity index (χ0v) is 14.6. The molecule has 1 aliphatic rings. The predicted molar refractivity (Wildman–Crippen MR) is 87.1 cm³/mol. The summed E-state index contributed by atoms with van der Waals surface area (Å²) in [5.41, 5.74) is 0.545. The second kappa shape index (κ2) is 7.05. The molecule has 0 atom stereocenters. The maximum Gasteiger partial charge on any atom is 0.325 e. The number of phenols is 1. The first-order valence-corrected chi connectivity index (χ1v) is 7.87. The topological polar surface area (TPSA) is 93.1 Å². The quantitative estimate of drug-likeness (QED) is 0.611. The number of carbonyl (C=O) groups is 3. The van der Waals surface area contributed by atoms with Gasteiger partial charge in [0, 0.05) is 4.47 Å². The van der Waals surface area contributed by atoms with Crippen LogP contribution in [0.3, 0.4) is 0 Å². The van der Waals surface area contributed by atoms with Crippen molar-refractivity contribution in [2.45, 2.75) is 0 Å². The number of esters is 1. The number of imide groups is 1. The number of hydrogen-bond donors (Lipinski definition) is 1. The Labute approximate surface area is 144 Å². The van der Waals surface area contributed by atoms with Crippen molar-refractivity contribution in [3.63, 3.8) is 0 Å². The van der Waals surface area contributed by atoms with Gasteiger partial charge in [-0.2, -0.15) is 0 Å². The lowest BCUT2D eigenvalue weighted by molar-refractivity contribution is -0.143. The second-order valence-electron chi connectivity index (χ2n) is 4.39. The molecule has 0 spiro atoms. The van der Waals surface area contributed by atoms with Crippen LogP contribution in [0.15, 0.2) is 21.5 Å². The first-order valence-electron chi connectivity index (χ1n) is 6.26. The lowest BCUT2D eigenvalue weighted by Gasteiger charge is -2.10. The van der Waals surface area contributed by atoms with Crippen molar-refractivity contribution in [1.82, 2.24) is 4.90 Å². The number of benzene rings is 1. The van der Waals surface area contributed by atoms with Crippen molar-refractivity contribution in [3.05, 3.63) is 27.1 Å². The van der Waals surface area contributed by atoms with Crippen molar-refractivity contribution < 1.29 is 29.0 Å². The van der Waals surface area contributed by atoms with Crippen molar-refractivity contribution in [2.75, 3.05) is 20.8 Å². The Hall–Kier alpha value is -2.00. The van der Waals surface area contributed by atoms with Crippen molar-refractivity contribution in [3.8, 4) is 11.5 Å². The summed E-state index contributed by atoms with van der Waals surface area (Å²) >= 11 is 3.99. The maximum absolute atomic E-state index is 12.2. The van der Waals surface area contributed by atoms with Gasteiger partial charge in [0.1, 0.15) is 6.54 Å². The predicted octanol–water partition coefficient (Wildman–Crippen LogP) is 2.37. The van der Waals surface area contributed by atoms with Gasteiger partial charge in [0.2, 0.25) is 0 Å². The third-order valence-corrected chi connectivity index (χ3v) is 4.57. The number of aromatic hydroxyl groups is 1. The standard InChI is InChI=1S/C14H12BrNO6S/c1-21-10-3-7(8(15)5-9(10)17)4-11-13(19)16(14(20)23-11)6-12(18)22-2/h3-5,17H,6H2,1-2H3/b11-4-. The second-order valence-corrected chi connectivity index (χ2v) is 6.24. The van der Waals surface area contributed by atoms with E-state index >= 15 is 0 Å². The molecule has 1 aromatic rings. The molecule has 23 heavy (non-hydrogen) atoms. The van der Waals surface area contributed by atoms with Gasteiger partial charge in [-0.15, -0.1) is 0 Å². The molecular formula is C14H12BrNO6S. The lowest BCUT2D eigenvalue weighted by Crippen LogP contribution is -2.34. The summed E-state index contributed by atoms with van der Waals surface area (Å²) in [4.78, 5) is 36.3. The molecule has 0 unspecified atom stereocenters. The van der Waals surface area contributed by atoms with Gasteiger partial charge in [0.25, 0.3) is 11.1 Å². The van der Waals surface area contributed by atoms with E-state index in [1.807, 2.05) is 0 Å². The molecule has 1 aromatic carbocycles. The average molecular weight is 402 g/mol. The number of nitrogens with zero attached hydrogens (tertiary/aromatic N) is 1. The SMILES string of the molecule is COC(=O)CN1C(=O)S/C(=C\c2cc(OC)c(O)cc2Br)C1=O. The van der Waals surface area contributed by atoms with Crippen molar-refractivity contribution in [2.24, 2.45) is 0 Å². The van der Waals surface area contributed by atoms with Gasteiger partial charge in [-0.3, -0.25) is 19.3 Å². The van der Waals surface area contributed by atoms with Crippen LogP contribution in [0.25, 0.3) is 6.08 Å². The number of rotatable bonds is 4. The average Bonchev–Trinajstić information content (AvgIpc) is 2.77. The molecule has 0 bridgehead atoms. The highest BCUT2D eigenvalue weighted by Gasteiger charge is 2.36. The fourth-order valence-electron chi connectivity index (χ4n) is 1.80. The van der Waals surface area contributed by atoms with E-state index in [9.17, 15) is 19.5 Å². The first-order chi connectivity index (χ1) is 10.9. The molecule has 2 rings (SSSR count). The minimum absolute atomic E-state index is 0.0599. The summed E-state index contributed by atoms with van der Waals surface area (Å²) in [7, 11) is 2.58. The van der Waals surface area contributed by atoms with Crippen LogP contribution in [0.1, 0.15) is 5.56 Å². The molecule has 1 N–H and O–H groups in total. The Morgan fingerprint density at radius 3 is 2.70 bits per heavy atom. The van der Waals surface area contributed by atoms with Crippen LogP contribution in [-0.4, -0.2) is 47.9 Å². The van der Waals surface area contributed by atoms with E-state index < -0.39 is 23.7 Å². The summed E-state index contributed by atoms with van der Waals surface area (Å²) in [6.07, 6.45) is 1.48. The van der Waals surface area contributed by atoms with Gasteiger partial charge < -0.3 is 14.6 Å².